The van der Waals surface area contributed by atoms with Crippen LogP contribution in [0.25, 0.3) is 0 Å². The van der Waals surface area contributed by atoms with Crippen molar-refractivity contribution in [3.63, 3.8) is 0 Å². The van der Waals surface area contributed by atoms with E-state index in [2.05, 4.69) is 42.2 Å². The zero-order chi connectivity index (χ0) is 22.6. The minimum atomic E-state index is -3.70. The Kier molecular flexibility index (Phi) is 7.33. The van der Waals surface area contributed by atoms with E-state index < -0.39 is 10.0 Å². The highest BCUT2D eigenvalue weighted by Crippen LogP contribution is 2.34. The van der Waals surface area contributed by atoms with E-state index in [1.165, 1.54) is 12.1 Å². The first-order valence-corrected chi connectivity index (χ1v) is 12.1. The van der Waals surface area contributed by atoms with Gasteiger partial charge >= 0.3 is 0 Å². The lowest BCUT2D eigenvalue weighted by molar-refractivity contribution is 0.177. The molecule has 0 atom stereocenters. The first kappa shape index (κ1) is 23.2. The van der Waals surface area contributed by atoms with Crippen LogP contribution in [0, 0.1) is 0 Å². The summed E-state index contributed by atoms with van der Waals surface area (Å²) in [4.78, 5) is 4.95. The van der Waals surface area contributed by atoms with Crippen LogP contribution in [-0.2, 0) is 10.0 Å². The molecule has 0 amide bonds. The molecule has 8 heteroatoms. The maximum Gasteiger partial charge on any atom is 0.261 e. The van der Waals surface area contributed by atoms with Crippen LogP contribution < -0.4 is 19.1 Å². The van der Waals surface area contributed by atoms with E-state index in [0.29, 0.717) is 35.9 Å². The summed E-state index contributed by atoms with van der Waals surface area (Å²) >= 11 is 0. The maximum absolute atomic E-state index is 12.7. The van der Waals surface area contributed by atoms with E-state index in [1.807, 2.05) is 6.07 Å². The van der Waals surface area contributed by atoms with E-state index >= 15 is 0 Å². The lowest BCUT2D eigenvalue weighted by Crippen LogP contribution is -2.44. The predicted molar refractivity (Wildman–Crippen MR) is 125 cm³/mol. The van der Waals surface area contributed by atoms with Crippen molar-refractivity contribution >= 4 is 21.4 Å². The van der Waals surface area contributed by atoms with Crippen LogP contribution in [0.3, 0.4) is 0 Å². The fourth-order valence-electron chi connectivity index (χ4n) is 3.89. The van der Waals surface area contributed by atoms with Gasteiger partial charge in [0.15, 0.2) is 0 Å². The standard InChI is InChI=1S/C23H33N3O4S/c1-17(2)26(18(3)4)13-12-25-14-15-30-23-16-19(6-11-22(23)25)24-31(27,28)21-9-7-20(29-5)8-10-21/h6-11,16-18,24H,12-15H2,1-5H3. The molecular weight excluding hydrogens is 414 g/mol. The molecule has 0 bridgehead atoms. The van der Waals surface area contributed by atoms with Gasteiger partial charge in [-0.25, -0.2) is 8.42 Å². The second kappa shape index (κ2) is 9.78. The van der Waals surface area contributed by atoms with Crippen LogP contribution >= 0.6 is 0 Å². The molecule has 1 heterocycles. The highest BCUT2D eigenvalue weighted by molar-refractivity contribution is 7.92. The van der Waals surface area contributed by atoms with Crippen LogP contribution in [0.5, 0.6) is 11.5 Å². The topological polar surface area (TPSA) is 71.1 Å². The molecule has 31 heavy (non-hydrogen) atoms. The molecule has 0 radical (unpaired) electrons. The van der Waals surface area contributed by atoms with E-state index in [-0.39, 0.29) is 4.90 Å². The molecule has 2 aromatic rings. The van der Waals surface area contributed by atoms with E-state index in [0.717, 1.165) is 25.3 Å². The van der Waals surface area contributed by atoms with Crippen LogP contribution in [-0.4, -0.2) is 58.8 Å². The van der Waals surface area contributed by atoms with Crippen molar-refractivity contribution in [3.05, 3.63) is 42.5 Å². The van der Waals surface area contributed by atoms with Crippen LogP contribution in [0.15, 0.2) is 47.4 Å². The maximum atomic E-state index is 12.7. The van der Waals surface area contributed by atoms with Crippen molar-refractivity contribution in [1.29, 1.82) is 0 Å². The fourth-order valence-corrected chi connectivity index (χ4v) is 4.94. The Balaban J connectivity index is 1.73. The number of methoxy groups -OCH3 is 1. The predicted octanol–water partition coefficient (Wildman–Crippen LogP) is 3.81. The number of rotatable bonds is 9. The first-order chi connectivity index (χ1) is 14.7. The normalized spacial score (nSPS) is 14.0. The Labute approximate surface area is 186 Å². The SMILES string of the molecule is COc1ccc(S(=O)(=O)Nc2ccc3c(c2)OCCN3CCN(C(C)C)C(C)C)cc1. The summed E-state index contributed by atoms with van der Waals surface area (Å²) in [5, 5.41) is 0. The minimum Gasteiger partial charge on any atom is -0.497 e. The van der Waals surface area contributed by atoms with Gasteiger partial charge in [0.25, 0.3) is 10.0 Å². The lowest BCUT2D eigenvalue weighted by atomic mass is 10.2. The van der Waals surface area contributed by atoms with Crippen LogP contribution in [0.4, 0.5) is 11.4 Å². The van der Waals surface area contributed by atoms with Crippen molar-refractivity contribution in [1.82, 2.24) is 4.90 Å². The molecule has 0 saturated carbocycles. The number of nitrogens with one attached hydrogen (secondary N) is 1. The van der Waals surface area contributed by atoms with Crippen LogP contribution in [0.2, 0.25) is 0 Å². The lowest BCUT2D eigenvalue weighted by Gasteiger charge is -2.36. The zero-order valence-electron chi connectivity index (χ0n) is 19.0. The molecule has 7 nitrogen and oxygen atoms in total. The number of hydrogen-bond acceptors (Lipinski definition) is 6. The molecule has 0 aromatic heterocycles. The molecule has 0 fully saturated rings. The fraction of sp³-hybridized carbons (Fsp3) is 0.478. The van der Waals surface area contributed by atoms with Crippen molar-refractivity contribution < 1.29 is 17.9 Å². The third kappa shape index (κ3) is 5.62. The van der Waals surface area contributed by atoms with Crippen molar-refractivity contribution in [3.8, 4) is 11.5 Å². The van der Waals surface area contributed by atoms with Gasteiger partial charge in [0.1, 0.15) is 18.1 Å². The third-order valence-electron chi connectivity index (χ3n) is 5.50. The van der Waals surface area contributed by atoms with Crippen LogP contribution in [0.1, 0.15) is 27.7 Å². The molecule has 1 aliphatic rings. The van der Waals surface area contributed by atoms with Gasteiger partial charge < -0.3 is 14.4 Å². The molecule has 0 saturated heterocycles. The molecule has 2 aromatic carbocycles. The summed E-state index contributed by atoms with van der Waals surface area (Å²) in [6.07, 6.45) is 0. The van der Waals surface area contributed by atoms with Gasteiger partial charge in [-0.3, -0.25) is 9.62 Å². The number of sulfonamides is 1. The van der Waals surface area contributed by atoms with E-state index in [4.69, 9.17) is 9.47 Å². The molecule has 0 unspecified atom stereocenters. The Bertz CT molecular complexity index is 967. The Hall–Kier alpha value is -2.45. The summed E-state index contributed by atoms with van der Waals surface area (Å²) < 4.78 is 39.0. The van der Waals surface area contributed by atoms with Gasteiger partial charge in [0, 0.05) is 31.2 Å². The number of anilines is 2. The summed E-state index contributed by atoms with van der Waals surface area (Å²) in [6.45, 7) is 12.1. The number of hydrogen-bond donors (Lipinski definition) is 1. The smallest absolute Gasteiger partial charge is 0.261 e. The molecule has 170 valence electrons. The van der Waals surface area contributed by atoms with E-state index in [9.17, 15) is 8.42 Å². The third-order valence-corrected chi connectivity index (χ3v) is 6.89. The van der Waals surface area contributed by atoms with Gasteiger partial charge in [-0.2, -0.15) is 0 Å². The quantitative estimate of drug-likeness (QED) is 0.630. The second-order valence-electron chi connectivity index (χ2n) is 8.22. The molecule has 0 aliphatic carbocycles. The molecule has 0 spiro atoms. The van der Waals surface area contributed by atoms with Gasteiger partial charge in [0.05, 0.1) is 29.9 Å². The Morgan fingerprint density at radius 3 is 2.39 bits per heavy atom. The van der Waals surface area contributed by atoms with Crippen molar-refractivity contribution in [2.75, 3.05) is 43.0 Å². The van der Waals surface area contributed by atoms with Gasteiger partial charge in [-0.05, 0) is 64.1 Å². The minimum absolute atomic E-state index is 0.177. The number of fused-ring (bicyclic) bond motifs is 1. The average Bonchev–Trinajstić information content (AvgIpc) is 2.73. The largest absolute Gasteiger partial charge is 0.497 e. The highest BCUT2D eigenvalue weighted by atomic mass is 32.2. The molecular formula is C23H33N3O4S. The summed E-state index contributed by atoms with van der Waals surface area (Å²) in [7, 11) is -2.16. The zero-order valence-corrected chi connectivity index (χ0v) is 19.8. The van der Waals surface area contributed by atoms with E-state index in [1.54, 1.807) is 31.4 Å². The molecule has 1 N–H and O–H groups in total. The second-order valence-corrected chi connectivity index (χ2v) is 9.91. The Morgan fingerprint density at radius 2 is 1.77 bits per heavy atom. The Morgan fingerprint density at radius 1 is 1.10 bits per heavy atom. The van der Waals surface area contributed by atoms with Crippen molar-refractivity contribution in [2.24, 2.45) is 0 Å². The molecule has 3 rings (SSSR count). The summed E-state index contributed by atoms with van der Waals surface area (Å²) in [6, 6.07) is 12.7. The number of ether oxygens (including phenoxy) is 2. The first-order valence-electron chi connectivity index (χ1n) is 10.7. The monoisotopic (exact) mass is 447 g/mol. The average molecular weight is 448 g/mol. The van der Waals surface area contributed by atoms with Gasteiger partial charge in [-0.1, -0.05) is 0 Å². The number of benzene rings is 2. The number of nitrogens with zero attached hydrogens (tertiary/aromatic N) is 2. The summed E-state index contributed by atoms with van der Waals surface area (Å²) in [5.41, 5.74) is 1.47. The van der Waals surface area contributed by atoms with Gasteiger partial charge in [0.2, 0.25) is 0 Å². The van der Waals surface area contributed by atoms with Gasteiger partial charge in [-0.15, -0.1) is 0 Å². The highest BCUT2D eigenvalue weighted by Gasteiger charge is 2.22. The molecule has 1 aliphatic heterocycles. The summed E-state index contributed by atoms with van der Waals surface area (Å²) in [5.74, 6) is 1.30. The van der Waals surface area contributed by atoms with Crippen molar-refractivity contribution in [2.45, 2.75) is 44.7 Å².